The fraction of sp³-hybridized carbons (Fsp3) is 0.412. The van der Waals surface area contributed by atoms with E-state index in [2.05, 4.69) is 5.32 Å². The second kappa shape index (κ2) is 7.94. The van der Waals surface area contributed by atoms with Crippen LogP contribution >= 0.6 is 11.8 Å². The second-order valence-corrected chi connectivity index (χ2v) is 7.59. The number of hydrogen-bond donors (Lipinski definition) is 1. The summed E-state index contributed by atoms with van der Waals surface area (Å²) in [4.78, 5) is 49.0. The molecule has 1 aromatic carbocycles. The topological polar surface area (TPSA) is 125 Å². The Morgan fingerprint density at radius 3 is 2.71 bits per heavy atom. The number of fused-ring (bicyclic) bond motifs is 3. The molecule has 0 saturated carbocycles. The molecule has 3 saturated heterocycles. The molecule has 1 N–H and O–H groups in total. The van der Waals surface area contributed by atoms with Crippen molar-refractivity contribution in [3.63, 3.8) is 0 Å². The average molecular weight is 414 g/mol. The predicted octanol–water partition coefficient (Wildman–Crippen LogP) is -4.52. The Morgan fingerprint density at radius 2 is 2.04 bits per heavy atom. The Balaban J connectivity index is 0.00000225. The van der Waals surface area contributed by atoms with Gasteiger partial charge in [0.1, 0.15) is 23.1 Å². The van der Waals surface area contributed by atoms with Gasteiger partial charge in [0, 0.05) is 11.7 Å². The fourth-order valence-electron chi connectivity index (χ4n) is 3.58. The summed E-state index contributed by atoms with van der Waals surface area (Å²) < 4.78 is 10.4. The van der Waals surface area contributed by atoms with E-state index in [1.807, 2.05) is 6.07 Å². The Kier molecular flexibility index (Phi) is 5.95. The van der Waals surface area contributed by atoms with Gasteiger partial charge in [-0.15, -0.1) is 11.8 Å². The van der Waals surface area contributed by atoms with Gasteiger partial charge in [-0.05, 0) is 12.1 Å². The van der Waals surface area contributed by atoms with E-state index in [1.54, 1.807) is 24.3 Å². The number of carboxylic acids is 1. The molecule has 4 rings (SSSR count). The maximum absolute atomic E-state index is 12.5. The second-order valence-electron chi connectivity index (χ2n) is 6.44. The SMILES string of the molecule is O=C(COc1ccccc1)N[C@@H]1C(=O)N2[C@@H]1SC[C@@H]1CC(=O)O[C@@]12C(=O)[O-].[Na+]. The van der Waals surface area contributed by atoms with Crippen LogP contribution in [0.1, 0.15) is 6.42 Å². The zero-order chi connectivity index (χ0) is 19.2. The van der Waals surface area contributed by atoms with Gasteiger partial charge in [-0.3, -0.25) is 19.3 Å². The smallest absolute Gasteiger partial charge is 0.544 e. The van der Waals surface area contributed by atoms with Crippen LogP contribution in [0.3, 0.4) is 0 Å². The summed E-state index contributed by atoms with van der Waals surface area (Å²) in [7, 11) is 0. The largest absolute Gasteiger partial charge is 1.00 e. The summed E-state index contributed by atoms with van der Waals surface area (Å²) in [6.45, 7) is -0.283. The molecule has 3 aliphatic heterocycles. The maximum Gasteiger partial charge on any atom is 1.00 e. The number of β-lactam (4-membered cyclic amide) rings is 1. The fourth-order valence-corrected chi connectivity index (χ4v) is 5.14. The number of nitrogens with one attached hydrogen (secondary N) is 1. The first-order valence-electron chi connectivity index (χ1n) is 8.29. The minimum atomic E-state index is -2.08. The number of carbonyl (C=O) groups excluding carboxylic acids is 4. The molecule has 3 heterocycles. The molecule has 4 atom stereocenters. The quantitative estimate of drug-likeness (QED) is 0.290. The molecule has 1 aromatic rings. The molecule has 2 amide bonds. The molecular weight excluding hydrogens is 399 g/mol. The Bertz CT molecular complexity index is 823. The van der Waals surface area contributed by atoms with Crippen molar-refractivity contribution in [3.05, 3.63) is 30.3 Å². The third kappa shape index (κ3) is 3.28. The zero-order valence-electron chi connectivity index (χ0n) is 15.0. The van der Waals surface area contributed by atoms with Crippen LogP contribution in [0, 0.1) is 5.92 Å². The number of carbonyl (C=O) groups is 4. The van der Waals surface area contributed by atoms with Crippen LogP contribution in [-0.4, -0.2) is 58.2 Å². The van der Waals surface area contributed by atoms with E-state index in [4.69, 9.17) is 9.47 Å². The molecule has 3 aliphatic rings. The van der Waals surface area contributed by atoms with Crippen molar-refractivity contribution in [2.45, 2.75) is 23.6 Å². The van der Waals surface area contributed by atoms with Gasteiger partial charge in [0.2, 0.25) is 5.72 Å². The van der Waals surface area contributed by atoms with Gasteiger partial charge in [-0.25, -0.2) is 0 Å². The molecule has 0 spiro atoms. The third-order valence-corrected chi connectivity index (χ3v) is 6.25. The molecule has 3 fully saturated rings. The molecule has 0 aromatic heterocycles. The molecule has 11 heteroatoms. The standard InChI is InChI=1S/C17H16N2O7S.Na/c20-11(7-25-10-4-2-1-3-5-10)18-13-14(22)19-15(13)27-8-9-6-12(21)26-17(9,19)16(23)24;/h1-5,9,13,15H,6-8H2,(H,18,20)(H,23,24);/q;+1/p-1/t9-,13+,15+,17+;/m0./s1. The van der Waals surface area contributed by atoms with E-state index in [0.717, 1.165) is 4.90 Å². The van der Waals surface area contributed by atoms with Gasteiger partial charge in [0.05, 0.1) is 6.42 Å². The van der Waals surface area contributed by atoms with Crippen LogP contribution in [0.5, 0.6) is 5.75 Å². The summed E-state index contributed by atoms with van der Waals surface area (Å²) in [6.07, 6.45) is -0.0839. The van der Waals surface area contributed by atoms with Crippen LogP contribution in [0.4, 0.5) is 0 Å². The third-order valence-electron chi connectivity index (χ3n) is 4.83. The first kappa shape index (κ1) is 21.0. The number of amides is 2. The first-order chi connectivity index (χ1) is 12.9. The number of thioether (sulfide) groups is 1. The summed E-state index contributed by atoms with van der Waals surface area (Å²) in [5.74, 6) is -3.27. The van der Waals surface area contributed by atoms with Gasteiger partial charge in [-0.1, -0.05) is 18.2 Å². The van der Waals surface area contributed by atoms with Crippen LogP contribution in [-0.2, 0) is 23.9 Å². The van der Waals surface area contributed by atoms with E-state index in [-0.39, 0.29) is 42.6 Å². The number of ether oxygens (including phenoxy) is 2. The summed E-state index contributed by atoms with van der Waals surface area (Å²) in [5, 5.41) is 13.6. The average Bonchev–Trinajstić information content (AvgIpc) is 3.00. The summed E-state index contributed by atoms with van der Waals surface area (Å²) in [5.41, 5.74) is -2.08. The number of benzene rings is 1. The minimum absolute atomic E-state index is 0. The van der Waals surface area contributed by atoms with E-state index in [0.29, 0.717) is 11.5 Å². The van der Waals surface area contributed by atoms with Crippen LogP contribution in [0.25, 0.3) is 0 Å². The number of esters is 1. The maximum atomic E-state index is 12.5. The summed E-state index contributed by atoms with van der Waals surface area (Å²) >= 11 is 1.30. The normalized spacial score (nSPS) is 30.1. The van der Waals surface area contributed by atoms with Crippen LogP contribution in [0.2, 0.25) is 0 Å². The molecule has 0 aliphatic carbocycles. The Morgan fingerprint density at radius 1 is 1.32 bits per heavy atom. The molecule has 9 nitrogen and oxygen atoms in total. The van der Waals surface area contributed by atoms with Gasteiger partial charge >= 0.3 is 35.5 Å². The number of aliphatic carboxylic acids is 1. The van der Waals surface area contributed by atoms with E-state index >= 15 is 0 Å². The number of rotatable bonds is 5. The van der Waals surface area contributed by atoms with Crippen molar-refractivity contribution < 1.29 is 63.3 Å². The molecular formula is C17H15N2NaO7S. The van der Waals surface area contributed by atoms with Gasteiger partial charge in [-0.2, -0.15) is 0 Å². The van der Waals surface area contributed by atoms with Crippen molar-refractivity contribution >= 4 is 35.5 Å². The molecule has 0 bridgehead atoms. The first-order valence-corrected chi connectivity index (χ1v) is 9.33. The van der Waals surface area contributed by atoms with Crippen molar-refractivity contribution in [3.8, 4) is 5.75 Å². The van der Waals surface area contributed by atoms with E-state index in [1.165, 1.54) is 11.8 Å². The van der Waals surface area contributed by atoms with Crippen LogP contribution in [0.15, 0.2) is 30.3 Å². The van der Waals surface area contributed by atoms with Crippen molar-refractivity contribution in [2.75, 3.05) is 12.4 Å². The van der Waals surface area contributed by atoms with Gasteiger partial charge < -0.3 is 24.7 Å². The van der Waals surface area contributed by atoms with Crippen LogP contribution < -0.4 is 44.7 Å². The molecule has 28 heavy (non-hydrogen) atoms. The number of hydrogen-bond acceptors (Lipinski definition) is 8. The van der Waals surface area contributed by atoms with Gasteiger partial charge in [0.15, 0.2) is 6.61 Å². The minimum Gasteiger partial charge on any atom is -0.544 e. The molecule has 142 valence electrons. The van der Waals surface area contributed by atoms with E-state index < -0.39 is 46.8 Å². The molecule has 0 radical (unpaired) electrons. The summed E-state index contributed by atoms with van der Waals surface area (Å²) in [6, 6.07) is 7.82. The van der Waals surface area contributed by atoms with Crippen molar-refractivity contribution in [1.29, 1.82) is 0 Å². The monoisotopic (exact) mass is 414 g/mol. The number of carboxylic acid groups (broad SMARTS) is 1. The van der Waals surface area contributed by atoms with Crippen molar-refractivity contribution in [1.82, 2.24) is 10.2 Å². The predicted molar refractivity (Wildman–Crippen MR) is 88.9 cm³/mol. The number of nitrogens with zero attached hydrogens (tertiary/aromatic N) is 1. The van der Waals surface area contributed by atoms with Crippen molar-refractivity contribution in [2.24, 2.45) is 5.92 Å². The number of para-hydroxylation sites is 1. The Labute approximate surface area is 186 Å². The molecule has 0 unspecified atom stereocenters. The Hall–Kier alpha value is -1.75. The zero-order valence-corrected chi connectivity index (χ0v) is 17.8. The van der Waals surface area contributed by atoms with Gasteiger partial charge in [0.25, 0.3) is 11.8 Å². The van der Waals surface area contributed by atoms with E-state index in [9.17, 15) is 24.3 Å².